The standard InChI is InChI=1S/C26H21ClN2O7S/c1-16-21(28-25(35-16)17-7-3-2-4-8-17)15-34-23-12-11-19(14-20(23)27)37(32,33)29-22-10-6-5-9-18(22)13-24(29)36-26(30)31/h2-12,14,24H,13,15H2,1H3,(H,30,31)/t24-/m1/s1. The smallest absolute Gasteiger partial charge is 0.486 e. The van der Waals surface area contributed by atoms with Crippen molar-refractivity contribution < 1.29 is 32.2 Å². The lowest BCUT2D eigenvalue weighted by molar-refractivity contribution is 0.0596. The molecule has 0 unspecified atom stereocenters. The molecule has 1 aliphatic rings. The molecule has 1 N–H and O–H groups in total. The fourth-order valence-electron chi connectivity index (χ4n) is 4.10. The molecule has 1 atom stereocenters. The van der Waals surface area contributed by atoms with Gasteiger partial charge in [0.2, 0.25) is 5.89 Å². The van der Waals surface area contributed by atoms with Gasteiger partial charge < -0.3 is 19.0 Å². The third-order valence-electron chi connectivity index (χ3n) is 5.86. The summed E-state index contributed by atoms with van der Waals surface area (Å²) in [6.07, 6.45) is -2.71. The molecule has 0 aliphatic carbocycles. The summed E-state index contributed by atoms with van der Waals surface area (Å²) in [5.41, 5.74) is 2.41. The number of benzene rings is 3. The van der Waals surface area contributed by atoms with Crippen LogP contribution in [0.25, 0.3) is 11.5 Å². The zero-order valence-corrected chi connectivity index (χ0v) is 21.1. The van der Waals surface area contributed by atoms with Crippen LogP contribution in [0.1, 0.15) is 17.0 Å². The van der Waals surface area contributed by atoms with E-state index in [1.807, 2.05) is 30.3 Å². The first-order valence-corrected chi connectivity index (χ1v) is 13.0. The molecule has 0 bridgehead atoms. The molecule has 9 nitrogen and oxygen atoms in total. The van der Waals surface area contributed by atoms with Crippen molar-refractivity contribution in [3.63, 3.8) is 0 Å². The zero-order valence-electron chi connectivity index (χ0n) is 19.5. The van der Waals surface area contributed by atoms with Crippen LogP contribution in [0.15, 0.2) is 82.1 Å². The highest BCUT2D eigenvalue weighted by molar-refractivity contribution is 7.92. The Morgan fingerprint density at radius 1 is 1.14 bits per heavy atom. The molecule has 190 valence electrons. The van der Waals surface area contributed by atoms with E-state index in [-0.39, 0.29) is 28.7 Å². The molecule has 0 spiro atoms. The first kappa shape index (κ1) is 24.7. The first-order chi connectivity index (χ1) is 17.7. The normalized spacial score (nSPS) is 14.9. The van der Waals surface area contributed by atoms with Crippen molar-refractivity contribution in [1.29, 1.82) is 0 Å². The Balaban J connectivity index is 1.37. The average Bonchev–Trinajstić information content (AvgIpc) is 3.43. The number of carboxylic acid groups (broad SMARTS) is 1. The summed E-state index contributed by atoms with van der Waals surface area (Å²) in [5.74, 6) is 1.31. The number of rotatable bonds is 7. The number of ether oxygens (including phenoxy) is 2. The SMILES string of the molecule is Cc1oc(-c2ccccc2)nc1COc1ccc(S(=O)(=O)N2c3ccccc3C[C@H]2OC(=O)O)cc1Cl. The summed E-state index contributed by atoms with van der Waals surface area (Å²) in [5, 5.41) is 9.20. The number of halogens is 1. The third-order valence-corrected chi connectivity index (χ3v) is 7.95. The molecule has 1 aliphatic heterocycles. The molecule has 4 aromatic rings. The van der Waals surface area contributed by atoms with Crippen molar-refractivity contribution in [3.8, 4) is 17.2 Å². The molecule has 37 heavy (non-hydrogen) atoms. The Kier molecular flexibility index (Phi) is 6.53. The van der Waals surface area contributed by atoms with Crippen LogP contribution in [-0.4, -0.2) is 30.9 Å². The monoisotopic (exact) mass is 540 g/mol. The van der Waals surface area contributed by atoms with Crippen molar-refractivity contribution in [2.24, 2.45) is 0 Å². The Hall–Kier alpha value is -4.02. The molecule has 0 radical (unpaired) electrons. The van der Waals surface area contributed by atoms with Crippen LogP contribution >= 0.6 is 11.6 Å². The molecule has 0 saturated heterocycles. The average molecular weight is 541 g/mol. The highest BCUT2D eigenvalue weighted by Gasteiger charge is 2.41. The van der Waals surface area contributed by atoms with Gasteiger partial charge in [-0.25, -0.2) is 22.5 Å². The second-order valence-corrected chi connectivity index (χ2v) is 10.5. The lowest BCUT2D eigenvalue weighted by atomic mass is 10.2. The second kappa shape index (κ2) is 9.79. The van der Waals surface area contributed by atoms with Crippen molar-refractivity contribution in [2.45, 2.75) is 31.1 Å². The summed E-state index contributed by atoms with van der Waals surface area (Å²) in [6.45, 7) is 1.83. The van der Waals surface area contributed by atoms with Crippen LogP contribution < -0.4 is 9.04 Å². The number of fused-ring (bicyclic) bond motifs is 1. The molecule has 1 aromatic heterocycles. The van der Waals surface area contributed by atoms with Crippen molar-refractivity contribution in [2.75, 3.05) is 4.31 Å². The van der Waals surface area contributed by atoms with Crippen LogP contribution in [0, 0.1) is 6.92 Å². The van der Waals surface area contributed by atoms with E-state index in [0.717, 1.165) is 9.87 Å². The highest BCUT2D eigenvalue weighted by atomic mass is 35.5. The molecular formula is C26H21ClN2O7S. The maximum atomic E-state index is 13.5. The minimum Gasteiger partial charge on any atom is -0.486 e. The molecule has 3 aromatic carbocycles. The molecule has 0 saturated carbocycles. The van der Waals surface area contributed by atoms with Gasteiger partial charge >= 0.3 is 6.16 Å². The number of carbonyl (C=O) groups is 1. The van der Waals surface area contributed by atoms with Crippen LogP contribution in [-0.2, 0) is 27.8 Å². The molecule has 0 fully saturated rings. The number of aryl methyl sites for hydroxylation is 1. The van der Waals surface area contributed by atoms with Crippen LogP contribution in [0.3, 0.4) is 0 Å². The van der Waals surface area contributed by atoms with E-state index in [4.69, 9.17) is 30.6 Å². The summed E-state index contributed by atoms with van der Waals surface area (Å²) in [4.78, 5) is 15.6. The maximum Gasteiger partial charge on any atom is 0.507 e. The Bertz CT molecular complexity index is 1570. The number of anilines is 1. The fourth-order valence-corrected chi connectivity index (χ4v) is 6.00. The zero-order chi connectivity index (χ0) is 26.2. The predicted octanol–water partition coefficient (Wildman–Crippen LogP) is 5.65. The van der Waals surface area contributed by atoms with Crippen molar-refractivity contribution in [3.05, 3.63) is 94.8 Å². The van der Waals surface area contributed by atoms with Crippen LogP contribution in [0.5, 0.6) is 5.75 Å². The van der Waals surface area contributed by atoms with Crippen LogP contribution in [0.4, 0.5) is 10.5 Å². The molecule has 5 rings (SSSR count). The summed E-state index contributed by atoms with van der Waals surface area (Å²) in [7, 11) is -4.21. The number of oxazole rings is 1. The third kappa shape index (κ3) is 4.85. The van der Waals surface area contributed by atoms with Gasteiger partial charge in [-0.3, -0.25) is 0 Å². The predicted molar refractivity (Wildman–Crippen MR) is 135 cm³/mol. The minimum absolute atomic E-state index is 0.0575. The second-order valence-electron chi connectivity index (χ2n) is 8.24. The number of aromatic nitrogens is 1. The van der Waals surface area contributed by atoms with E-state index in [0.29, 0.717) is 28.6 Å². The fraction of sp³-hybridized carbons (Fsp3) is 0.154. The van der Waals surface area contributed by atoms with E-state index < -0.39 is 22.4 Å². The van der Waals surface area contributed by atoms with E-state index in [2.05, 4.69) is 4.98 Å². The van der Waals surface area contributed by atoms with Crippen LogP contribution in [0.2, 0.25) is 5.02 Å². The van der Waals surface area contributed by atoms with Gasteiger partial charge in [0.15, 0.2) is 6.23 Å². The van der Waals surface area contributed by atoms with Gasteiger partial charge in [-0.05, 0) is 48.9 Å². The number of nitrogens with zero attached hydrogens (tertiary/aromatic N) is 2. The minimum atomic E-state index is -4.21. The summed E-state index contributed by atoms with van der Waals surface area (Å²) in [6, 6.07) is 20.2. The van der Waals surface area contributed by atoms with E-state index in [1.165, 1.54) is 18.2 Å². The van der Waals surface area contributed by atoms with Gasteiger partial charge in [0.05, 0.1) is 15.6 Å². The lowest BCUT2D eigenvalue weighted by Crippen LogP contribution is -2.40. The largest absolute Gasteiger partial charge is 0.507 e. The van der Waals surface area contributed by atoms with Gasteiger partial charge in [0.1, 0.15) is 23.8 Å². The molecule has 2 heterocycles. The quantitative estimate of drug-likeness (QED) is 0.298. The molecule has 0 amide bonds. The van der Waals surface area contributed by atoms with Crippen molar-refractivity contribution in [1.82, 2.24) is 4.98 Å². The number of para-hydroxylation sites is 1. The van der Waals surface area contributed by atoms with Gasteiger partial charge in [-0.15, -0.1) is 0 Å². The number of sulfonamides is 1. The van der Waals surface area contributed by atoms with Crippen molar-refractivity contribution >= 4 is 33.5 Å². The van der Waals surface area contributed by atoms with Gasteiger partial charge in [-0.2, -0.15) is 0 Å². The van der Waals surface area contributed by atoms with E-state index in [9.17, 15) is 13.2 Å². The van der Waals surface area contributed by atoms with Gasteiger partial charge in [0, 0.05) is 12.0 Å². The Labute approximate surface area is 217 Å². The van der Waals surface area contributed by atoms with Gasteiger partial charge in [0.25, 0.3) is 10.0 Å². The maximum absolute atomic E-state index is 13.5. The summed E-state index contributed by atoms with van der Waals surface area (Å²) >= 11 is 6.39. The highest BCUT2D eigenvalue weighted by Crippen LogP contribution is 2.38. The molecular weight excluding hydrogens is 520 g/mol. The Morgan fingerprint density at radius 3 is 2.59 bits per heavy atom. The molecule has 11 heteroatoms. The number of hydrogen-bond acceptors (Lipinski definition) is 7. The Morgan fingerprint density at radius 2 is 1.86 bits per heavy atom. The first-order valence-electron chi connectivity index (χ1n) is 11.2. The van der Waals surface area contributed by atoms with E-state index in [1.54, 1.807) is 31.2 Å². The number of hydrogen-bond donors (Lipinski definition) is 1. The van der Waals surface area contributed by atoms with Gasteiger partial charge in [-0.1, -0.05) is 48.0 Å². The van der Waals surface area contributed by atoms with E-state index >= 15 is 0 Å². The topological polar surface area (TPSA) is 119 Å². The summed E-state index contributed by atoms with van der Waals surface area (Å²) < 4.78 is 44.5. The lowest BCUT2D eigenvalue weighted by Gasteiger charge is -2.25.